The van der Waals surface area contributed by atoms with Crippen LogP contribution in [0.2, 0.25) is 0 Å². The fraction of sp³-hybridized carbons (Fsp3) is 0.360. The van der Waals surface area contributed by atoms with Crippen molar-refractivity contribution in [1.29, 1.82) is 0 Å². The van der Waals surface area contributed by atoms with Gasteiger partial charge in [0.2, 0.25) is 5.76 Å². The molecular formula is C25H30N2O5. The van der Waals surface area contributed by atoms with Crippen molar-refractivity contribution in [2.45, 2.75) is 33.3 Å². The van der Waals surface area contributed by atoms with Gasteiger partial charge in [0.25, 0.3) is 6.01 Å². The van der Waals surface area contributed by atoms with Crippen LogP contribution < -0.4 is 9.64 Å². The Labute approximate surface area is 188 Å². The van der Waals surface area contributed by atoms with Crippen LogP contribution >= 0.6 is 0 Å². The molecule has 0 N–H and O–H groups in total. The average Bonchev–Trinajstić information content (AvgIpc) is 3.18. The van der Waals surface area contributed by atoms with Crippen molar-refractivity contribution in [3.05, 3.63) is 59.9 Å². The highest BCUT2D eigenvalue weighted by molar-refractivity contribution is 5.91. The van der Waals surface area contributed by atoms with Crippen LogP contribution in [0.4, 0.5) is 6.01 Å². The minimum Gasteiger partial charge on any atom is -0.492 e. The molecule has 0 spiro atoms. The van der Waals surface area contributed by atoms with Gasteiger partial charge >= 0.3 is 5.97 Å². The Morgan fingerprint density at radius 3 is 2.50 bits per heavy atom. The van der Waals surface area contributed by atoms with E-state index in [1.165, 1.54) is 0 Å². The van der Waals surface area contributed by atoms with E-state index in [0.717, 1.165) is 22.4 Å². The van der Waals surface area contributed by atoms with E-state index < -0.39 is 11.6 Å². The van der Waals surface area contributed by atoms with E-state index >= 15 is 0 Å². The molecular weight excluding hydrogens is 408 g/mol. The molecule has 0 unspecified atom stereocenters. The predicted octanol–water partition coefficient (Wildman–Crippen LogP) is 5.06. The summed E-state index contributed by atoms with van der Waals surface area (Å²) < 4.78 is 22.5. The lowest BCUT2D eigenvalue weighted by atomic mass is 10.1. The van der Waals surface area contributed by atoms with Gasteiger partial charge < -0.3 is 23.5 Å². The van der Waals surface area contributed by atoms with E-state index in [-0.39, 0.29) is 12.4 Å². The number of likely N-dealkylation sites (N-methyl/N-ethyl adjacent to an activating group) is 1. The number of carbonyl (C=O) groups is 1. The van der Waals surface area contributed by atoms with Gasteiger partial charge in [-0.3, -0.25) is 0 Å². The van der Waals surface area contributed by atoms with Crippen molar-refractivity contribution < 1.29 is 23.4 Å². The van der Waals surface area contributed by atoms with Crippen molar-refractivity contribution in [1.82, 2.24) is 4.98 Å². The highest BCUT2D eigenvalue weighted by Crippen LogP contribution is 2.22. The fourth-order valence-corrected chi connectivity index (χ4v) is 2.89. The first-order valence-corrected chi connectivity index (χ1v) is 10.6. The van der Waals surface area contributed by atoms with Crippen LogP contribution in [0.25, 0.3) is 17.2 Å². The molecule has 2 aromatic carbocycles. The molecule has 0 radical (unpaired) electrons. The average molecular weight is 439 g/mol. The Bertz CT molecular complexity index is 1030. The van der Waals surface area contributed by atoms with E-state index in [1.807, 2.05) is 81.2 Å². The van der Waals surface area contributed by atoms with Crippen molar-refractivity contribution in [3.8, 4) is 5.75 Å². The summed E-state index contributed by atoms with van der Waals surface area (Å²) in [6.07, 6.45) is 1.67. The van der Waals surface area contributed by atoms with Crippen LogP contribution in [-0.4, -0.2) is 43.4 Å². The lowest BCUT2D eigenvalue weighted by Crippen LogP contribution is -2.24. The quantitative estimate of drug-likeness (QED) is 0.263. The summed E-state index contributed by atoms with van der Waals surface area (Å²) >= 11 is 0. The van der Waals surface area contributed by atoms with Crippen molar-refractivity contribution in [2.75, 3.05) is 31.7 Å². The first kappa shape index (κ1) is 23.2. The summed E-state index contributed by atoms with van der Waals surface area (Å²) in [5.41, 5.74) is 1.89. The summed E-state index contributed by atoms with van der Waals surface area (Å²) in [7, 11) is 1.91. The zero-order valence-electron chi connectivity index (χ0n) is 19.3. The number of ether oxygens (including phenoxy) is 3. The van der Waals surface area contributed by atoms with Gasteiger partial charge in [-0.2, -0.15) is 4.98 Å². The van der Waals surface area contributed by atoms with Crippen LogP contribution in [0.1, 0.15) is 33.3 Å². The smallest absolute Gasteiger partial charge is 0.373 e. The Hall–Kier alpha value is -3.48. The SMILES string of the molecule is CCOC(=O)C(=Cc1ccc(OCCN(C)c2nc3ccccc3o2)cc1)OC(C)(C)C. The Balaban J connectivity index is 1.58. The van der Waals surface area contributed by atoms with Crippen molar-refractivity contribution in [2.24, 2.45) is 0 Å². The second-order valence-corrected chi connectivity index (χ2v) is 8.25. The van der Waals surface area contributed by atoms with Gasteiger partial charge in [-0.15, -0.1) is 0 Å². The van der Waals surface area contributed by atoms with Gasteiger partial charge in [-0.05, 0) is 63.6 Å². The number of fused-ring (bicyclic) bond motifs is 1. The van der Waals surface area contributed by atoms with E-state index in [1.54, 1.807) is 13.0 Å². The van der Waals surface area contributed by atoms with E-state index in [0.29, 0.717) is 19.2 Å². The molecule has 32 heavy (non-hydrogen) atoms. The Morgan fingerprint density at radius 2 is 1.84 bits per heavy atom. The first-order valence-electron chi connectivity index (χ1n) is 10.6. The second-order valence-electron chi connectivity index (χ2n) is 8.25. The molecule has 1 heterocycles. The molecule has 3 rings (SSSR count). The molecule has 0 fully saturated rings. The Kier molecular flexibility index (Phi) is 7.41. The number of oxazole rings is 1. The van der Waals surface area contributed by atoms with Crippen molar-refractivity contribution in [3.63, 3.8) is 0 Å². The Morgan fingerprint density at radius 1 is 1.12 bits per heavy atom. The summed E-state index contributed by atoms with van der Waals surface area (Å²) in [5.74, 6) is 0.417. The molecule has 0 saturated carbocycles. The van der Waals surface area contributed by atoms with E-state index in [9.17, 15) is 4.79 Å². The number of aromatic nitrogens is 1. The lowest BCUT2D eigenvalue weighted by molar-refractivity contribution is -0.144. The van der Waals surface area contributed by atoms with Crippen LogP contribution in [0, 0.1) is 0 Å². The number of hydrogen-bond donors (Lipinski definition) is 0. The van der Waals surface area contributed by atoms with Crippen LogP contribution in [0.5, 0.6) is 5.75 Å². The maximum atomic E-state index is 12.2. The molecule has 3 aromatic rings. The molecule has 0 bridgehead atoms. The largest absolute Gasteiger partial charge is 0.492 e. The molecule has 0 atom stereocenters. The summed E-state index contributed by atoms with van der Waals surface area (Å²) in [6.45, 7) is 8.78. The maximum absolute atomic E-state index is 12.2. The molecule has 1 aromatic heterocycles. The van der Waals surface area contributed by atoms with E-state index in [2.05, 4.69) is 4.98 Å². The van der Waals surface area contributed by atoms with E-state index in [4.69, 9.17) is 18.6 Å². The third-order valence-electron chi connectivity index (χ3n) is 4.38. The molecule has 0 aliphatic carbocycles. The number of rotatable bonds is 9. The van der Waals surface area contributed by atoms with Gasteiger partial charge in [0.1, 0.15) is 23.5 Å². The van der Waals surface area contributed by atoms with Crippen LogP contribution in [-0.2, 0) is 14.3 Å². The molecule has 7 heteroatoms. The normalized spacial score (nSPS) is 12.0. The van der Waals surface area contributed by atoms with Gasteiger partial charge in [0, 0.05) is 7.05 Å². The number of esters is 1. The number of carbonyl (C=O) groups excluding carboxylic acids is 1. The zero-order valence-corrected chi connectivity index (χ0v) is 19.3. The topological polar surface area (TPSA) is 74.0 Å². The second kappa shape index (κ2) is 10.2. The standard InChI is InChI=1S/C25H30N2O5/c1-6-29-23(28)22(32-25(2,3)4)17-18-11-13-19(14-12-18)30-16-15-27(5)24-26-20-9-7-8-10-21(20)31-24/h7-14,17H,6,15-16H2,1-5H3. The predicted molar refractivity (Wildman–Crippen MR) is 125 cm³/mol. The number of benzene rings is 2. The lowest BCUT2D eigenvalue weighted by Gasteiger charge is -2.22. The fourth-order valence-electron chi connectivity index (χ4n) is 2.89. The summed E-state index contributed by atoms with van der Waals surface area (Å²) in [4.78, 5) is 18.6. The van der Waals surface area contributed by atoms with Crippen LogP contribution in [0.15, 0.2) is 58.7 Å². The van der Waals surface area contributed by atoms with Gasteiger partial charge in [-0.1, -0.05) is 24.3 Å². The highest BCUT2D eigenvalue weighted by Gasteiger charge is 2.20. The van der Waals surface area contributed by atoms with Gasteiger partial charge in [0.15, 0.2) is 5.58 Å². The number of anilines is 1. The van der Waals surface area contributed by atoms with Gasteiger partial charge in [-0.25, -0.2) is 4.79 Å². The number of para-hydroxylation sites is 2. The molecule has 0 saturated heterocycles. The molecule has 0 aliphatic heterocycles. The van der Waals surface area contributed by atoms with Gasteiger partial charge in [0.05, 0.1) is 13.2 Å². The maximum Gasteiger partial charge on any atom is 0.373 e. The molecule has 0 amide bonds. The minimum atomic E-state index is -0.512. The minimum absolute atomic E-state index is 0.174. The third-order valence-corrected chi connectivity index (χ3v) is 4.38. The summed E-state index contributed by atoms with van der Waals surface area (Å²) in [5, 5.41) is 0. The summed E-state index contributed by atoms with van der Waals surface area (Å²) in [6, 6.07) is 15.7. The first-order chi connectivity index (χ1) is 15.2. The van der Waals surface area contributed by atoms with Crippen LogP contribution in [0.3, 0.4) is 0 Å². The monoisotopic (exact) mass is 438 g/mol. The molecule has 0 aliphatic rings. The number of hydrogen-bond acceptors (Lipinski definition) is 7. The number of nitrogens with zero attached hydrogens (tertiary/aromatic N) is 2. The highest BCUT2D eigenvalue weighted by atomic mass is 16.6. The third kappa shape index (κ3) is 6.51. The molecule has 7 nitrogen and oxygen atoms in total. The molecule has 170 valence electrons. The van der Waals surface area contributed by atoms with Crippen molar-refractivity contribution >= 4 is 29.2 Å². The zero-order chi connectivity index (χ0) is 23.1.